The van der Waals surface area contributed by atoms with Crippen LogP contribution in [-0.4, -0.2) is 6.54 Å². The van der Waals surface area contributed by atoms with Gasteiger partial charge in [-0.3, -0.25) is 0 Å². The average Bonchev–Trinajstić information content (AvgIpc) is 2.78. The molecule has 1 heterocycles. The van der Waals surface area contributed by atoms with E-state index in [4.69, 9.17) is 0 Å². The number of hydrogen-bond donors (Lipinski definition) is 1. The van der Waals surface area contributed by atoms with Gasteiger partial charge in [-0.15, -0.1) is 11.3 Å². The summed E-state index contributed by atoms with van der Waals surface area (Å²) in [5.74, 6) is -3.75. The molecular weight excluding hydrogens is 271 g/mol. The van der Waals surface area contributed by atoms with Gasteiger partial charge in [-0.25, -0.2) is 13.2 Å². The Hall–Kier alpha value is -1.33. The molecule has 0 aliphatic carbocycles. The quantitative estimate of drug-likeness (QED) is 0.831. The van der Waals surface area contributed by atoms with Crippen LogP contribution in [0.15, 0.2) is 23.6 Å². The van der Waals surface area contributed by atoms with E-state index >= 15 is 0 Å². The molecule has 0 bridgehead atoms. The third-order valence-corrected chi connectivity index (χ3v) is 3.82. The lowest BCUT2D eigenvalue weighted by atomic mass is 9.99. The number of rotatable bonds is 4. The fourth-order valence-corrected chi connectivity index (χ4v) is 2.79. The largest absolute Gasteiger partial charge is 0.306 e. The molecule has 0 amide bonds. The molecule has 2 aromatic rings. The minimum absolute atomic E-state index is 0.333. The van der Waals surface area contributed by atoms with Crippen LogP contribution in [0.2, 0.25) is 0 Å². The van der Waals surface area contributed by atoms with Gasteiger partial charge in [0, 0.05) is 4.88 Å². The topological polar surface area (TPSA) is 12.0 Å². The predicted octanol–water partition coefficient (Wildman–Crippen LogP) is 4.17. The van der Waals surface area contributed by atoms with E-state index in [0.29, 0.717) is 12.1 Å². The molecule has 1 unspecified atom stereocenters. The Bertz CT molecular complexity index is 557. The van der Waals surface area contributed by atoms with Crippen LogP contribution in [-0.2, 0) is 0 Å². The maximum absolute atomic E-state index is 13.3. The van der Waals surface area contributed by atoms with Gasteiger partial charge in [-0.2, -0.15) is 0 Å². The van der Waals surface area contributed by atoms with Gasteiger partial charge in [0.05, 0.1) is 6.04 Å². The molecule has 0 fully saturated rings. The molecule has 5 heteroatoms. The highest BCUT2D eigenvalue weighted by Crippen LogP contribution is 2.29. The molecular formula is C14H14F3NS. The predicted molar refractivity (Wildman–Crippen MR) is 70.9 cm³/mol. The Morgan fingerprint density at radius 3 is 2.32 bits per heavy atom. The van der Waals surface area contributed by atoms with Crippen LogP contribution in [0.5, 0.6) is 0 Å². The van der Waals surface area contributed by atoms with Crippen molar-refractivity contribution in [2.75, 3.05) is 6.54 Å². The van der Waals surface area contributed by atoms with Gasteiger partial charge < -0.3 is 5.32 Å². The number of aryl methyl sites for hydroxylation is 1. The summed E-state index contributed by atoms with van der Waals surface area (Å²) < 4.78 is 39.7. The summed E-state index contributed by atoms with van der Waals surface area (Å²) in [5, 5.41) is 5.09. The highest BCUT2D eigenvalue weighted by Gasteiger charge is 2.20. The number of nitrogens with one attached hydrogen (secondary N) is 1. The Morgan fingerprint density at radius 1 is 1.21 bits per heavy atom. The van der Waals surface area contributed by atoms with Crippen molar-refractivity contribution in [2.24, 2.45) is 0 Å². The third-order valence-electron chi connectivity index (χ3n) is 2.96. The van der Waals surface area contributed by atoms with Gasteiger partial charge in [-0.1, -0.05) is 6.92 Å². The van der Waals surface area contributed by atoms with Gasteiger partial charge >= 0.3 is 0 Å². The van der Waals surface area contributed by atoms with Crippen molar-refractivity contribution in [2.45, 2.75) is 19.9 Å². The minimum Gasteiger partial charge on any atom is -0.306 e. The van der Waals surface area contributed by atoms with E-state index in [1.165, 1.54) is 0 Å². The molecule has 0 radical (unpaired) electrons. The molecule has 1 aromatic carbocycles. The molecule has 1 atom stereocenters. The number of hydrogen-bond acceptors (Lipinski definition) is 2. The molecule has 1 N–H and O–H groups in total. The molecule has 1 aromatic heterocycles. The van der Waals surface area contributed by atoms with E-state index in [2.05, 4.69) is 5.32 Å². The van der Waals surface area contributed by atoms with E-state index in [1.54, 1.807) is 11.3 Å². The maximum atomic E-state index is 13.3. The summed E-state index contributed by atoms with van der Waals surface area (Å²) in [4.78, 5) is 1.07. The van der Waals surface area contributed by atoms with Crippen molar-refractivity contribution in [1.29, 1.82) is 0 Å². The zero-order chi connectivity index (χ0) is 14.0. The number of halogens is 3. The van der Waals surface area contributed by atoms with Gasteiger partial charge in [0.2, 0.25) is 0 Å². The Morgan fingerprint density at radius 2 is 1.84 bits per heavy atom. The van der Waals surface area contributed by atoms with Crippen LogP contribution in [0.4, 0.5) is 13.2 Å². The Balaban J connectivity index is 2.48. The first kappa shape index (κ1) is 14.1. The summed E-state index contributed by atoms with van der Waals surface area (Å²) in [6.07, 6.45) is 0. The van der Waals surface area contributed by atoms with Crippen LogP contribution < -0.4 is 5.32 Å². The van der Waals surface area contributed by atoms with E-state index in [0.717, 1.165) is 22.6 Å². The molecule has 0 spiro atoms. The first-order valence-corrected chi connectivity index (χ1v) is 6.84. The smallest absolute Gasteiger partial charge is 0.194 e. The molecule has 102 valence electrons. The van der Waals surface area contributed by atoms with Crippen LogP contribution in [0.25, 0.3) is 0 Å². The highest BCUT2D eigenvalue weighted by molar-refractivity contribution is 7.10. The van der Waals surface area contributed by atoms with Crippen LogP contribution in [0.1, 0.15) is 29.0 Å². The highest BCUT2D eigenvalue weighted by atomic mass is 32.1. The second-order valence-electron chi connectivity index (χ2n) is 4.22. The maximum Gasteiger partial charge on any atom is 0.194 e. The average molecular weight is 285 g/mol. The van der Waals surface area contributed by atoms with Crippen molar-refractivity contribution in [3.63, 3.8) is 0 Å². The second kappa shape index (κ2) is 5.75. The van der Waals surface area contributed by atoms with Crippen molar-refractivity contribution in [1.82, 2.24) is 5.32 Å². The van der Waals surface area contributed by atoms with E-state index in [9.17, 15) is 13.2 Å². The van der Waals surface area contributed by atoms with Gasteiger partial charge in [-0.05, 0) is 48.2 Å². The first-order valence-electron chi connectivity index (χ1n) is 5.96. The van der Waals surface area contributed by atoms with E-state index in [1.807, 2.05) is 25.3 Å². The van der Waals surface area contributed by atoms with Crippen molar-refractivity contribution in [3.8, 4) is 0 Å². The molecule has 19 heavy (non-hydrogen) atoms. The fourth-order valence-electron chi connectivity index (χ4n) is 2.05. The minimum atomic E-state index is -1.43. The van der Waals surface area contributed by atoms with Crippen molar-refractivity contribution in [3.05, 3.63) is 57.0 Å². The molecule has 0 aliphatic rings. The zero-order valence-electron chi connectivity index (χ0n) is 10.6. The van der Waals surface area contributed by atoms with Crippen LogP contribution in [0, 0.1) is 24.4 Å². The summed E-state index contributed by atoms with van der Waals surface area (Å²) in [6.45, 7) is 4.49. The summed E-state index contributed by atoms with van der Waals surface area (Å²) >= 11 is 1.56. The van der Waals surface area contributed by atoms with Crippen LogP contribution >= 0.6 is 11.3 Å². The Kier molecular flexibility index (Phi) is 4.27. The fraction of sp³-hybridized carbons (Fsp3) is 0.286. The summed E-state index contributed by atoms with van der Waals surface area (Å²) in [7, 11) is 0. The van der Waals surface area contributed by atoms with E-state index < -0.39 is 17.5 Å². The molecule has 0 aliphatic heterocycles. The zero-order valence-corrected chi connectivity index (χ0v) is 11.5. The molecule has 0 saturated carbocycles. The number of benzene rings is 1. The van der Waals surface area contributed by atoms with Crippen molar-refractivity contribution < 1.29 is 13.2 Å². The third kappa shape index (κ3) is 2.82. The lowest BCUT2D eigenvalue weighted by Gasteiger charge is -2.19. The molecule has 2 rings (SSSR count). The number of thiophene rings is 1. The summed E-state index contributed by atoms with van der Waals surface area (Å²) in [5.41, 5.74) is 1.34. The van der Waals surface area contributed by atoms with Crippen molar-refractivity contribution >= 4 is 11.3 Å². The van der Waals surface area contributed by atoms with Gasteiger partial charge in [0.1, 0.15) is 0 Å². The van der Waals surface area contributed by atoms with Gasteiger partial charge in [0.15, 0.2) is 17.5 Å². The van der Waals surface area contributed by atoms with E-state index in [-0.39, 0.29) is 6.04 Å². The monoisotopic (exact) mass is 285 g/mol. The second-order valence-corrected chi connectivity index (χ2v) is 5.34. The molecule has 1 nitrogen and oxygen atoms in total. The van der Waals surface area contributed by atoms with Crippen LogP contribution in [0.3, 0.4) is 0 Å². The first-order chi connectivity index (χ1) is 9.04. The Labute approximate surface area is 114 Å². The van der Waals surface area contributed by atoms with Gasteiger partial charge in [0.25, 0.3) is 0 Å². The molecule has 0 saturated heterocycles. The SMILES string of the molecule is CCNC(c1cc(F)c(F)c(F)c1)c1ccsc1C. The standard InChI is InChI=1S/C14H14F3NS/c1-3-18-14(10-4-5-19-8(10)2)9-6-11(15)13(17)12(16)7-9/h4-7,14,18H,3H2,1-2H3. The lowest BCUT2D eigenvalue weighted by Crippen LogP contribution is -2.22. The normalized spacial score (nSPS) is 12.7. The summed E-state index contributed by atoms with van der Waals surface area (Å²) in [6, 6.07) is 3.67. The lowest BCUT2D eigenvalue weighted by molar-refractivity contribution is 0.442.